The van der Waals surface area contributed by atoms with Crippen molar-refractivity contribution < 1.29 is 9.53 Å². The van der Waals surface area contributed by atoms with Crippen LogP contribution in [0.1, 0.15) is 31.7 Å². The van der Waals surface area contributed by atoms with E-state index >= 15 is 0 Å². The number of carbonyl (C=O) groups is 1. The van der Waals surface area contributed by atoms with Crippen LogP contribution in [0.3, 0.4) is 0 Å². The first-order valence-corrected chi connectivity index (χ1v) is 10.6. The number of hydrogen-bond acceptors (Lipinski definition) is 6. The molecule has 1 fully saturated rings. The molecular weight excluding hydrogens is 372 g/mol. The standard InChI is InChI=1S/C21H26N4O2S/c1-2-3-15-27-18-7-5-17(6-8-18)16-19-20(26)23-21(28-19)25-13-11-24(12-14-25)10-4-9-22/h5-8,16H,2-4,10-15H2,1H3/b19-16+. The van der Waals surface area contributed by atoms with Gasteiger partial charge in [0.15, 0.2) is 5.17 Å². The second kappa shape index (κ2) is 10.3. The molecule has 148 valence electrons. The lowest BCUT2D eigenvalue weighted by atomic mass is 10.2. The van der Waals surface area contributed by atoms with Crippen molar-refractivity contribution in [2.75, 3.05) is 39.3 Å². The molecule has 2 heterocycles. The topological polar surface area (TPSA) is 68.9 Å². The van der Waals surface area contributed by atoms with E-state index in [4.69, 9.17) is 10.00 Å². The van der Waals surface area contributed by atoms with Crippen LogP contribution in [0.4, 0.5) is 0 Å². The van der Waals surface area contributed by atoms with Gasteiger partial charge in [-0.05, 0) is 42.0 Å². The van der Waals surface area contributed by atoms with E-state index in [1.54, 1.807) is 0 Å². The Morgan fingerprint density at radius 2 is 2.00 bits per heavy atom. The summed E-state index contributed by atoms with van der Waals surface area (Å²) in [5.41, 5.74) is 0.969. The number of hydrogen-bond donors (Lipinski definition) is 0. The summed E-state index contributed by atoms with van der Waals surface area (Å²) < 4.78 is 5.68. The number of aliphatic imine (C=N–C) groups is 1. The van der Waals surface area contributed by atoms with Gasteiger partial charge in [0.2, 0.25) is 0 Å². The van der Waals surface area contributed by atoms with Gasteiger partial charge < -0.3 is 9.64 Å². The van der Waals surface area contributed by atoms with Gasteiger partial charge in [-0.25, -0.2) is 0 Å². The average molecular weight is 399 g/mol. The number of nitriles is 1. The third-order valence-electron chi connectivity index (χ3n) is 4.74. The molecule has 7 heteroatoms. The van der Waals surface area contributed by atoms with E-state index in [1.807, 2.05) is 30.3 Å². The highest BCUT2D eigenvalue weighted by Crippen LogP contribution is 2.31. The monoisotopic (exact) mass is 398 g/mol. The van der Waals surface area contributed by atoms with Crippen LogP contribution in [-0.2, 0) is 4.79 Å². The molecule has 0 aliphatic carbocycles. The molecule has 0 saturated carbocycles. The molecule has 0 aromatic heterocycles. The predicted octanol–water partition coefficient (Wildman–Crippen LogP) is 3.37. The van der Waals surface area contributed by atoms with Gasteiger partial charge in [0.05, 0.1) is 17.6 Å². The Kier molecular flexibility index (Phi) is 7.52. The van der Waals surface area contributed by atoms with Crippen molar-refractivity contribution in [2.24, 2.45) is 4.99 Å². The number of piperazine rings is 1. The third-order valence-corrected chi connectivity index (χ3v) is 5.78. The van der Waals surface area contributed by atoms with Crippen LogP contribution in [0.25, 0.3) is 6.08 Å². The molecule has 3 rings (SSSR count). The molecule has 0 spiro atoms. The fourth-order valence-corrected chi connectivity index (χ4v) is 4.02. The van der Waals surface area contributed by atoms with Crippen LogP contribution in [-0.4, -0.2) is 60.2 Å². The summed E-state index contributed by atoms with van der Waals surface area (Å²) in [5, 5.41) is 9.49. The molecule has 2 aliphatic rings. The Labute approximate surface area is 170 Å². The van der Waals surface area contributed by atoms with Crippen molar-refractivity contribution in [3.8, 4) is 11.8 Å². The highest BCUT2D eigenvalue weighted by Gasteiger charge is 2.28. The Morgan fingerprint density at radius 1 is 1.25 bits per heavy atom. The SMILES string of the molecule is CCCCOc1ccc(/C=C2/SC(N3CCN(CCC#N)CC3)=NC2=O)cc1. The minimum Gasteiger partial charge on any atom is -0.494 e. The normalized spacial score (nSPS) is 19.0. The van der Waals surface area contributed by atoms with Gasteiger partial charge in [-0.3, -0.25) is 9.69 Å². The van der Waals surface area contributed by atoms with Crippen LogP contribution >= 0.6 is 11.8 Å². The zero-order valence-corrected chi connectivity index (χ0v) is 17.1. The smallest absolute Gasteiger partial charge is 0.286 e. The van der Waals surface area contributed by atoms with E-state index in [2.05, 4.69) is 27.8 Å². The van der Waals surface area contributed by atoms with Crippen molar-refractivity contribution in [3.05, 3.63) is 34.7 Å². The fourth-order valence-electron chi connectivity index (χ4n) is 3.05. The van der Waals surface area contributed by atoms with E-state index < -0.39 is 0 Å². The summed E-state index contributed by atoms with van der Waals surface area (Å²) in [6.07, 6.45) is 4.61. The Morgan fingerprint density at radius 3 is 2.68 bits per heavy atom. The first kappa shape index (κ1) is 20.4. The fraction of sp³-hybridized carbons (Fsp3) is 0.476. The molecule has 0 N–H and O–H groups in total. The molecule has 0 atom stereocenters. The lowest BCUT2D eigenvalue weighted by Gasteiger charge is -2.34. The van der Waals surface area contributed by atoms with Gasteiger partial charge in [-0.1, -0.05) is 25.5 Å². The van der Waals surface area contributed by atoms with Crippen LogP contribution in [0.15, 0.2) is 34.2 Å². The molecule has 0 bridgehead atoms. The number of benzene rings is 1. The van der Waals surface area contributed by atoms with E-state index in [9.17, 15) is 4.79 Å². The molecule has 2 aliphatic heterocycles. The van der Waals surface area contributed by atoms with E-state index in [0.29, 0.717) is 11.3 Å². The highest BCUT2D eigenvalue weighted by atomic mass is 32.2. The number of thioether (sulfide) groups is 1. The van der Waals surface area contributed by atoms with E-state index in [-0.39, 0.29) is 5.91 Å². The number of unbranched alkanes of at least 4 members (excludes halogenated alkanes) is 1. The van der Waals surface area contributed by atoms with Crippen molar-refractivity contribution in [1.29, 1.82) is 5.26 Å². The molecule has 28 heavy (non-hydrogen) atoms. The summed E-state index contributed by atoms with van der Waals surface area (Å²) in [6.45, 7) is 7.14. The van der Waals surface area contributed by atoms with Gasteiger partial charge in [-0.2, -0.15) is 10.3 Å². The second-order valence-electron chi connectivity index (χ2n) is 6.82. The first-order valence-electron chi connectivity index (χ1n) is 9.79. The maximum atomic E-state index is 12.3. The Bertz CT molecular complexity index is 775. The number of amides is 1. The zero-order chi connectivity index (χ0) is 19.8. The molecule has 1 saturated heterocycles. The summed E-state index contributed by atoms with van der Waals surface area (Å²) in [7, 11) is 0. The molecule has 0 unspecified atom stereocenters. The number of rotatable bonds is 7. The highest BCUT2D eigenvalue weighted by molar-refractivity contribution is 8.18. The summed E-state index contributed by atoms with van der Waals surface area (Å²) in [6, 6.07) is 10.00. The maximum Gasteiger partial charge on any atom is 0.286 e. The second-order valence-corrected chi connectivity index (χ2v) is 7.83. The Hall–Kier alpha value is -2.30. The summed E-state index contributed by atoms with van der Waals surface area (Å²) in [5.74, 6) is 0.683. The average Bonchev–Trinajstić information content (AvgIpc) is 3.08. The largest absolute Gasteiger partial charge is 0.494 e. The Balaban J connectivity index is 1.53. The molecular formula is C21H26N4O2S. The van der Waals surface area contributed by atoms with Crippen molar-refractivity contribution in [3.63, 3.8) is 0 Å². The van der Waals surface area contributed by atoms with Crippen molar-refractivity contribution in [2.45, 2.75) is 26.2 Å². The molecule has 1 aromatic carbocycles. The maximum absolute atomic E-state index is 12.3. The van der Waals surface area contributed by atoms with Crippen molar-refractivity contribution in [1.82, 2.24) is 9.80 Å². The van der Waals surface area contributed by atoms with Gasteiger partial charge in [0, 0.05) is 39.1 Å². The van der Waals surface area contributed by atoms with Gasteiger partial charge >= 0.3 is 0 Å². The lowest BCUT2D eigenvalue weighted by Crippen LogP contribution is -2.47. The van der Waals surface area contributed by atoms with Crippen LogP contribution in [0.2, 0.25) is 0 Å². The van der Waals surface area contributed by atoms with E-state index in [0.717, 1.165) is 68.7 Å². The minimum atomic E-state index is -0.171. The molecule has 1 amide bonds. The molecule has 6 nitrogen and oxygen atoms in total. The summed E-state index contributed by atoms with van der Waals surface area (Å²) in [4.78, 5) is 21.6. The third kappa shape index (κ3) is 5.60. The van der Waals surface area contributed by atoms with Gasteiger partial charge in [0.1, 0.15) is 5.75 Å². The number of ether oxygens (including phenoxy) is 1. The zero-order valence-electron chi connectivity index (χ0n) is 16.3. The number of carbonyl (C=O) groups excluding carboxylic acids is 1. The molecule has 1 aromatic rings. The van der Waals surface area contributed by atoms with Gasteiger partial charge in [0.25, 0.3) is 5.91 Å². The number of nitrogens with zero attached hydrogens (tertiary/aromatic N) is 4. The minimum absolute atomic E-state index is 0.171. The number of amidine groups is 1. The van der Waals surface area contributed by atoms with Gasteiger partial charge in [-0.15, -0.1) is 0 Å². The first-order chi connectivity index (χ1) is 13.7. The predicted molar refractivity (Wildman–Crippen MR) is 113 cm³/mol. The molecule has 0 radical (unpaired) electrons. The van der Waals surface area contributed by atoms with Crippen LogP contribution < -0.4 is 4.74 Å². The quantitative estimate of drug-likeness (QED) is 0.518. The summed E-state index contributed by atoms with van der Waals surface area (Å²) >= 11 is 1.45. The van der Waals surface area contributed by atoms with E-state index in [1.165, 1.54) is 11.8 Å². The van der Waals surface area contributed by atoms with Crippen LogP contribution in [0, 0.1) is 11.3 Å². The lowest BCUT2D eigenvalue weighted by molar-refractivity contribution is -0.113. The van der Waals surface area contributed by atoms with Crippen LogP contribution in [0.5, 0.6) is 5.75 Å². The van der Waals surface area contributed by atoms with Crippen molar-refractivity contribution >= 4 is 28.9 Å².